The van der Waals surface area contributed by atoms with E-state index in [4.69, 9.17) is 5.11 Å². The van der Waals surface area contributed by atoms with Crippen LogP contribution in [-0.4, -0.2) is 22.7 Å². The molecule has 0 aliphatic rings. The van der Waals surface area contributed by atoms with Gasteiger partial charge in [0.25, 0.3) is 0 Å². The molecule has 0 aromatic heterocycles. The molecule has 78 valence electrons. The lowest BCUT2D eigenvalue weighted by molar-refractivity contribution is -0.191. The first-order valence-corrected chi connectivity index (χ1v) is 3.91. The maximum Gasteiger partial charge on any atom is 0.378 e. The van der Waals surface area contributed by atoms with Gasteiger partial charge < -0.3 is 5.11 Å². The highest BCUT2D eigenvalue weighted by Crippen LogP contribution is 2.37. The van der Waals surface area contributed by atoms with Gasteiger partial charge in [0.05, 0.1) is 0 Å². The first kappa shape index (κ1) is 12.3. The summed E-state index contributed by atoms with van der Waals surface area (Å²) in [6, 6.07) is 0. The van der Waals surface area contributed by atoms with Crippen molar-refractivity contribution in [1.82, 2.24) is 0 Å². The molecule has 2 nitrogen and oxygen atoms in total. The van der Waals surface area contributed by atoms with Crippen molar-refractivity contribution in [2.75, 3.05) is 0 Å². The molecule has 0 bridgehead atoms. The smallest absolute Gasteiger partial charge is 0.378 e. The molecule has 0 radical (unpaired) electrons. The first-order chi connectivity index (χ1) is 5.61. The molecule has 1 unspecified atom stereocenters. The molecule has 0 aliphatic heterocycles. The zero-order valence-electron chi connectivity index (χ0n) is 7.77. The highest BCUT2D eigenvalue weighted by molar-refractivity contribution is 5.77. The van der Waals surface area contributed by atoms with Crippen LogP contribution >= 0.6 is 0 Å². The molecule has 0 heterocycles. The minimum Gasteiger partial charge on any atom is -0.477 e. The van der Waals surface area contributed by atoms with E-state index < -0.39 is 24.0 Å². The van der Waals surface area contributed by atoms with E-state index in [1.165, 1.54) is 0 Å². The van der Waals surface area contributed by atoms with Gasteiger partial charge in [0.15, 0.2) is 5.67 Å². The summed E-state index contributed by atoms with van der Waals surface area (Å²) in [6.07, 6.45) is -0.480. The summed E-state index contributed by atoms with van der Waals surface area (Å²) < 4.78 is 38.7. The van der Waals surface area contributed by atoms with Gasteiger partial charge in [-0.2, -0.15) is 8.78 Å². The van der Waals surface area contributed by atoms with Crippen LogP contribution in [0.4, 0.5) is 13.2 Å². The van der Waals surface area contributed by atoms with E-state index in [0.29, 0.717) is 6.92 Å². The maximum absolute atomic E-state index is 13.2. The third-order valence-electron chi connectivity index (χ3n) is 1.71. The summed E-state index contributed by atoms with van der Waals surface area (Å²) in [5.41, 5.74) is -2.99. The van der Waals surface area contributed by atoms with E-state index in [-0.39, 0.29) is 5.92 Å². The van der Waals surface area contributed by atoms with Crippen LogP contribution in [0.5, 0.6) is 0 Å². The van der Waals surface area contributed by atoms with Crippen LogP contribution in [0.2, 0.25) is 0 Å². The second-order valence-electron chi connectivity index (χ2n) is 3.67. The molecule has 0 spiro atoms. The molecular formula is C8H13F3O2. The van der Waals surface area contributed by atoms with Crippen molar-refractivity contribution in [2.24, 2.45) is 5.92 Å². The second kappa shape index (κ2) is 3.55. The normalized spacial score (nSPS) is 17.2. The van der Waals surface area contributed by atoms with Gasteiger partial charge in [-0.15, -0.1) is 0 Å². The molecule has 0 saturated heterocycles. The van der Waals surface area contributed by atoms with Crippen LogP contribution in [0.25, 0.3) is 0 Å². The van der Waals surface area contributed by atoms with Gasteiger partial charge >= 0.3 is 11.9 Å². The molecular weight excluding hydrogens is 185 g/mol. The molecule has 0 amide bonds. The van der Waals surface area contributed by atoms with Crippen LogP contribution in [0.1, 0.15) is 27.2 Å². The number of alkyl halides is 3. The number of hydrogen-bond donors (Lipinski definition) is 1. The summed E-state index contributed by atoms with van der Waals surface area (Å²) in [5.74, 6) is -7.06. The lowest BCUT2D eigenvalue weighted by Crippen LogP contribution is -2.48. The lowest BCUT2D eigenvalue weighted by Gasteiger charge is -2.28. The van der Waals surface area contributed by atoms with Gasteiger partial charge in [-0.3, -0.25) is 0 Å². The fourth-order valence-corrected chi connectivity index (χ4v) is 1.12. The Kier molecular flexibility index (Phi) is 3.35. The zero-order valence-corrected chi connectivity index (χ0v) is 7.77. The Balaban J connectivity index is 4.70. The number of carboxylic acids is 1. The fraction of sp³-hybridized carbons (Fsp3) is 0.875. The Labute approximate surface area is 74.7 Å². The van der Waals surface area contributed by atoms with Gasteiger partial charge in [-0.05, 0) is 19.3 Å². The van der Waals surface area contributed by atoms with E-state index in [0.717, 1.165) is 0 Å². The van der Waals surface area contributed by atoms with Gasteiger partial charge in [0.1, 0.15) is 0 Å². The van der Waals surface area contributed by atoms with E-state index in [1.54, 1.807) is 13.8 Å². The molecule has 5 heteroatoms. The molecule has 0 saturated carbocycles. The molecule has 0 rings (SSSR count). The quantitative estimate of drug-likeness (QED) is 0.753. The van der Waals surface area contributed by atoms with Gasteiger partial charge in [-0.1, -0.05) is 13.8 Å². The van der Waals surface area contributed by atoms with Gasteiger partial charge in [0.2, 0.25) is 0 Å². The third-order valence-corrected chi connectivity index (χ3v) is 1.71. The highest BCUT2D eigenvalue weighted by atomic mass is 19.3. The van der Waals surface area contributed by atoms with Crippen LogP contribution in [-0.2, 0) is 4.79 Å². The highest BCUT2D eigenvalue weighted by Gasteiger charge is 2.57. The predicted octanol–water partition coefficient (Wildman–Crippen LogP) is 2.48. The SMILES string of the molecule is CC(C)CC(C)(F)C(F)(F)C(=O)O. The number of aliphatic carboxylic acids is 1. The number of halogens is 3. The molecule has 0 fully saturated rings. The summed E-state index contributed by atoms with van der Waals surface area (Å²) >= 11 is 0. The first-order valence-electron chi connectivity index (χ1n) is 3.91. The van der Waals surface area contributed by atoms with Crippen LogP contribution in [0.3, 0.4) is 0 Å². The number of rotatable bonds is 4. The molecule has 0 aromatic carbocycles. The van der Waals surface area contributed by atoms with Crippen molar-refractivity contribution in [3.05, 3.63) is 0 Å². The molecule has 0 aromatic rings. The van der Waals surface area contributed by atoms with Crippen LogP contribution in [0, 0.1) is 5.92 Å². The van der Waals surface area contributed by atoms with Gasteiger partial charge in [0, 0.05) is 0 Å². The van der Waals surface area contributed by atoms with Gasteiger partial charge in [-0.25, -0.2) is 9.18 Å². The maximum atomic E-state index is 13.2. The van der Waals surface area contributed by atoms with E-state index in [1.807, 2.05) is 0 Å². The summed E-state index contributed by atoms with van der Waals surface area (Å²) in [4.78, 5) is 10.1. The van der Waals surface area contributed by atoms with Crippen molar-refractivity contribution in [3.8, 4) is 0 Å². The Morgan fingerprint density at radius 1 is 1.38 bits per heavy atom. The van der Waals surface area contributed by atoms with Crippen molar-refractivity contribution >= 4 is 5.97 Å². The van der Waals surface area contributed by atoms with Crippen LogP contribution in [0.15, 0.2) is 0 Å². The predicted molar refractivity (Wildman–Crippen MR) is 41.6 cm³/mol. The zero-order chi connectivity index (χ0) is 10.9. The van der Waals surface area contributed by atoms with E-state index in [2.05, 4.69) is 0 Å². The number of carboxylic acid groups (broad SMARTS) is 1. The third kappa shape index (κ3) is 2.60. The Morgan fingerprint density at radius 3 is 2.00 bits per heavy atom. The minimum absolute atomic E-state index is 0.319. The largest absolute Gasteiger partial charge is 0.477 e. The monoisotopic (exact) mass is 198 g/mol. The van der Waals surface area contributed by atoms with Crippen molar-refractivity contribution in [3.63, 3.8) is 0 Å². The Morgan fingerprint density at radius 2 is 1.77 bits per heavy atom. The topological polar surface area (TPSA) is 37.3 Å². The number of hydrogen-bond acceptors (Lipinski definition) is 1. The lowest BCUT2D eigenvalue weighted by atomic mass is 9.90. The van der Waals surface area contributed by atoms with Crippen LogP contribution < -0.4 is 0 Å². The standard InChI is InChI=1S/C8H13F3O2/c1-5(2)4-7(3,9)8(10,11)6(12)13/h5H,4H2,1-3H3,(H,12,13). The Hall–Kier alpha value is -0.740. The fourth-order valence-electron chi connectivity index (χ4n) is 1.12. The average molecular weight is 198 g/mol. The second-order valence-corrected chi connectivity index (χ2v) is 3.67. The van der Waals surface area contributed by atoms with E-state index in [9.17, 15) is 18.0 Å². The molecule has 0 aliphatic carbocycles. The molecule has 1 N–H and O–H groups in total. The minimum atomic E-state index is -4.32. The summed E-state index contributed by atoms with van der Waals surface area (Å²) in [6.45, 7) is 3.71. The molecule has 13 heavy (non-hydrogen) atoms. The van der Waals surface area contributed by atoms with Crippen molar-refractivity contribution < 1.29 is 23.1 Å². The number of carbonyl (C=O) groups is 1. The Bertz CT molecular complexity index is 200. The molecule has 1 atom stereocenters. The summed E-state index contributed by atoms with van der Waals surface area (Å²) in [7, 11) is 0. The van der Waals surface area contributed by atoms with Crippen molar-refractivity contribution in [2.45, 2.75) is 38.8 Å². The van der Waals surface area contributed by atoms with E-state index >= 15 is 0 Å². The average Bonchev–Trinajstić information content (AvgIpc) is 1.83. The van der Waals surface area contributed by atoms with Crippen molar-refractivity contribution in [1.29, 1.82) is 0 Å². The summed E-state index contributed by atoms with van der Waals surface area (Å²) in [5, 5.41) is 8.10.